The predicted octanol–water partition coefficient (Wildman–Crippen LogP) is 6.18. The summed E-state index contributed by atoms with van der Waals surface area (Å²) in [5.74, 6) is 0.416. The van der Waals surface area contributed by atoms with E-state index in [9.17, 15) is 9.59 Å². The molecule has 5 rings (SSSR count). The van der Waals surface area contributed by atoms with Gasteiger partial charge in [-0.3, -0.25) is 14.5 Å². The topological polar surface area (TPSA) is 59.8 Å². The van der Waals surface area contributed by atoms with Crippen molar-refractivity contribution < 1.29 is 13.9 Å². The number of hydrogen-bond acceptors (Lipinski definition) is 4. The SMILES string of the molecule is C=CCOc1ccc(C2c3c(oc4ccc(Br)cc4c3=O)C(=O)N2c2ccc(C)cc2)cc1. The van der Waals surface area contributed by atoms with Gasteiger partial charge >= 0.3 is 0 Å². The van der Waals surface area contributed by atoms with Crippen molar-refractivity contribution in [1.82, 2.24) is 0 Å². The average molecular weight is 502 g/mol. The van der Waals surface area contributed by atoms with Crippen LogP contribution in [0.5, 0.6) is 5.75 Å². The number of carbonyl (C=O) groups excluding carboxylic acids is 1. The number of halogens is 1. The first-order valence-electron chi connectivity index (χ1n) is 10.5. The summed E-state index contributed by atoms with van der Waals surface area (Å²) < 4.78 is 12.4. The van der Waals surface area contributed by atoms with E-state index in [-0.39, 0.29) is 17.1 Å². The maximum atomic E-state index is 13.6. The summed E-state index contributed by atoms with van der Waals surface area (Å²) in [6.07, 6.45) is 1.67. The Hall–Kier alpha value is -3.64. The van der Waals surface area contributed by atoms with Crippen LogP contribution in [0.25, 0.3) is 11.0 Å². The first-order chi connectivity index (χ1) is 16.0. The fraction of sp³-hybridized carbons (Fsp3) is 0.111. The van der Waals surface area contributed by atoms with Gasteiger partial charge in [-0.05, 0) is 55.0 Å². The smallest absolute Gasteiger partial charge is 0.295 e. The van der Waals surface area contributed by atoms with E-state index in [1.54, 1.807) is 29.2 Å². The molecule has 0 radical (unpaired) electrons. The van der Waals surface area contributed by atoms with Gasteiger partial charge in [0.1, 0.15) is 17.9 Å². The molecule has 0 spiro atoms. The van der Waals surface area contributed by atoms with E-state index < -0.39 is 6.04 Å². The number of aryl methyl sites for hydroxylation is 1. The minimum absolute atomic E-state index is 0.0763. The monoisotopic (exact) mass is 501 g/mol. The molecule has 1 aromatic heterocycles. The van der Waals surface area contributed by atoms with Crippen LogP contribution in [0.4, 0.5) is 5.69 Å². The van der Waals surface area contributed by atoms with Gasteiger partial charge in [-0.1, -0.05) is 58.4 Å². The van der Waals surface area contributed by atoms with Crippen molar-refractivity contribution in [2.24, 2.45) is 0 Å². The van der Waals surface area contributed by atoms with Gasteiger partial charge in [0.05, 0.1) is 17.0 Å². The number of amides is 1. The third-order valence-corrected chi connectivity index (χ3v) is 6.20. The number of carbonyl (C=O) groups is 1. The summed E-state index contributed by atoms with van der Waals surface area (Å²) in [6.45, 7) is 6.04. The highest BCUT2D eigenvalue weighted by atomic mass is 79.9. The summed E-state index contributed by atoms with van der Waals surface area (Å²) in [5, 5.41) is 0.428. The van der Waals surface area contributed by atoms with Crippen LogP contribution in [0, 0.1) is 6.92 Å². The van der Waals surface area contributed by atoms with Gasteiger partial charge < -0.3 is 9.15 Å². The maximum absolute atomic E-state index is 13.6. The standard InChI is InChI=1S/C27H20BrNO4/c1-3-14-32-20-11-6-17(7-12-20)24-23-25(30)21-15-18(28)8-13-22(21)33-26(23)27(31)29(24)19-9-4-16(2)5-10-19/h3-13,15,24H,1,14H2,2H3. The molecule has 1 aliphatic heterocycles. The Balaban J connectivity index is 1.72. The quantitative estimate of drug-likeness (QED) is 0.306. The van der Waals surface area contributed by atoms with Crippen LogP contribution < -0.4 is 15.1 Å². The Bertz CT molecular complexity index is 1440. The molecule has 0 saturated carbocycles. The number of ether oxygens (including phenoxy) is 1. The zero-order chi connectivity index (χ0) is 23.1. The van der Waals surface area contributed by atoms with E-state index in [1.807, 2.05) is 55.5 Å². The van der Waals surface area contributed by atoms with Crippen molar-refractivity contribution in [3.05, 3.63) is 117 Å². The van der Waals surface area contributed by atoms with Crippen molar-refractivity contribution in [2.45, 2.75) is 13.0 Å². The van der Waals surface area contributed by atoms with Gasteiger partial charge in [0.2, 0.25) is 5.76 Å². The van der Waals surface area contributed by atoms with Crippen molar-refractivity contribution in [1.29, 1.82) is 0 Å². The summed E-state index contributed by atoms with van der Waals surface area (Å²) in [6, 6.07) is 19.6. The second-order valence-corrected chi connectivity index (χ2v) is 8.81. The highest BCUT2D eigenvalue weighted by molar-refractivity contribution is 9.10. The fourth-order valence-electron chi connectivity index (χ4n) is 4.13. The molecule has 1 atom stereocenters. The molecule has 1 unspecified atom stereocenters. The molecule has 0 fully saturated rings. The molecule has 2 heterocycles. The van der Waals surface area contributed by atoms with Crippen molar-refractivity contribution in [3.63, 3.8) is 0 Å². The van der Waals surface area contributed by atoms with Crippen LogP contribution in [0.3, 0.4) is 0 Å². The molecule has 164 valence electrons. The van der Waals surface area contributed by atoms with Crippen molar-refractivity contribution in [2.75, 3.05) is 11.5 Å². The van der Waals surface area contributed by atoms with Crippen LogP contribution in [0.1, 0.15) is 33.3 Å². The molecule has 6 heteroatoms. The van der Waals surface area contributed by atoms with Gasteiger partial charge in [-0.25, -0.2) is 0 Å². The second-order valence-electron chi connectivity index (χ2n) is 7.90. The number of rotatable bonds is 5. The van der Waals surface area contributed by atoms with Crippen LogP contribution in [-0.4, -0.2) is 12.5 Å². The molecule has 1 aliphatic rings. The largest absolute Gasteiger partial charge is 0.490 e. The van der Waals surface area contributed by atoms with Gasteiger partial charge in [-0.2, -0.15) is 0 Å². The van der Waals surface area contributed by atoms with E-state index in [2.05, 4.69) is 22.5 Å². The highest BCUT2D eigenvalue weighted by Gasteiger charge is 2.43. The molecule has 0 aliphatic carbocycles. The van der Waals surface area contributed by atoms with Crippen LogP contribution >= 0.6 is 15.9 Å². The molecule has 3 aromatic carbocycles. The van der Waals surface area contributed by atoms with Crippen molar-refractivity contribution in [3.8, 4) is 5.75 Å². The Morgan fingerprint density at radius 3 is 2.48 bits per heavy atom. The molecule has 4 aromatic rings. The first kappa shape index (κ1) is 21.2. The summed E-state index contributed by atoms with van der Waals surface area (Å²) in [5.41, 5.74) is 3.06. The van der Waals surface area contributed by atoms with E-state index in [0.29, 0.717) is 34.6 Å². The minimum Gasteiger partial charge on any atom is -0.490 e. The summed E-state index contributed by atoms with van der Waals surface area (Å²) in [7, 11) is 0. The average Bonchev–Trinajstić information content (AvgIpc) is 3.11. The lowest BCUT2D eigenvalue weighted by Gasteiger charge is -2.25. The van der Waals surface area contributed by atoms with E-state index in [1.165, 1.54) is 0 Å². The number of nitrogens with zero attached hydrogens (tertiary/aromatic N) is 1. The Morgan fingerprint density at radius 2 is 1.79 bits per heavy atom. The third-order valence-electron chi connectivity index (χ3n) is 5.71. The zero-order valence-electron chi connectivity index (χ0n) is 17.9. The van der Waals surface area contributed by atoms with Crippen LogP contribution in [0.15, 0.2) is 93.1 Å². The second kappa shape index (κ2) is 8.37. The third kappa shape index (κ3) is 3.66. The first-order valence-corrected chi connectivity index (χ1v) is 11.3. The van der Waals surface area contributed by atoms with Gasteiger partial charge in [0.25, 0.3) is 5.91 Å². The highest BCUT2D eigenvalue weighted by Crippen LogP contribution is 2.41. The van der Waals surface area contributed by atoms with Gasteiger partial charge in [0, 0.05) is 10.2 Å². The fourth-order valence-corrected chi connectivity index (χ4v) is 4.49. The molecule has 5 nitrogen and oxygen atoms in total. The molecular weight excluding hydrogens is 482 g/mol. The normalized spacial score (nSPS) is 15.0. The van der Waals surface area contributed by atoms with E-state index in [4.69, 9.17) is 9.15 Å². The summed E-state index contributed by atoms with van der Waals surface area (Å²) in [4.78, 5) is 28.9. The summed E-state index contributed by atoms with van der Waals surface area (Å²) >= 11 is 3.42. The van der Waals surface area contributed by atoms with Crippen molar-refractivity contribution >= 4 is 38.5 Å². The molecule has 33 heavy (non-hydrogen) atoms. The zero-order valence-corrected chi connectivity index (χ0v) is 19.5. The molecule has 1 amide bonds. The van der Waals surface area contributed by atoms with Crippen LogP contribution in [0.2, 0.25) is 0 Å². The van der Waals surface area contributed by atoms with E-state index >= 15 is 0 Å². The lowest BCUT2D eigenvalue weighted by Crippen LogP contribution is -2.29. The van der Waals surface area contributed by atoms with Gasteiger partial charge in [0.15, 0.2) is 5.43 Å². The number of hydrogen-bond donors (Lipinski definition) is 0. The number of benzene rings is 3. The maximum Gasteiger partial charge on any atom is 0.295 e. The minimum atomic E-state index is -0.622. The van der Waals surface area contributed by atoms with Gasteiger partial charge in [-0.15, -0.1) is 0 Å². The lowest BCUT2D eigenvalue weighted by atomic mass is 9.98. The number of fused-ring (bicyclic) bond motifs is 2. The predicted molar refractivity (Wildman–Crippen MR) is 132 cm³/mol. The molecular formula is C27H20BrNO4. The molecule has 0 saturated heterocycles. The van der Waals surface area contributed by atoms with E-state index in [0.717, 1.165) is 15.6 Å². The lowest BCUT2D eigenvalue weighted by molar-refractivity contribution is 0.0971. The number of anilines is 1. The molecule has 0 N–H and O–H groups in total. The Morgan fingerprint density at radius 1 is 1.06 bits per heavy atom. The molecule has 0 bridgehead atoms. The Kier molecular flexibility index (Phi) is 5.38. The Labute approximate surface area is 199 Å². The van der Waals surface area contributed by atoms with Crippen LogP contribution in [-0.2, 0) is 0 Å².